The van der Waals surface area contributed by atoms with E-state index in [1.807, 2.05) is 0 Å². The number of hydrogen-bond donors (Lipinski definition) is 1. The first kappa shape index (κ1) is 30.2. The molecule has 2 aromatic carbocycles. The second-order valence-electron chi connectivity index (χ2n) is 9.65. The van der Waals surface area contributed by atoms with Crippen LogP contribution in [0.1, 0.15) is 41.4 Å². The second kappa shape index (κ2) is 11.2. The Morgan fingerprint density at radius 2 is 1.78 bits per heavy atom. The first-order valence-electron chi connectivity index (χ1n) is 12.3. The van der Waals surface area contributed by atoms with Crippen LogP contribution in [0.15, 0.2) is 65.7 Å². The van der Waals surface area contributed by atoms with Gasteiger partial charge in [0.25, 0.3) is 0 Å². The number of ether oxygens (including phenoxy) is 1. The van der Waals surface area contributed by atoms with Crippen LogP contribution in [0, 0.1) is 0 Å². The molecule has 1 aliphatic rings. The Balaban J connectivity index is 1.88. The highest BCUT2D eigenvalue weighted by Crippen LogP contribution is 2.46. The van der Waals surface area contributed by atoms with Gasteiger partial charge in [0, 0.05) is 49.6 Å². The highest BCUT2D eigenvalue weighted by atomic mass is 32.2. The van der Waals surface area contributed by atoms with Gasteiger partial charge in [-0.2, -0.15) is 17.5 Å². The summed E-state index contributed by atoms with van der Waals surface area (Å²) in [7, 11) is -3.32. The fraction of sp³-hybridized carbons (Fsp3) is 0.333. The molecule has 0 aliphatic carbocycles. The zero-order valence-corrected chi connectivity index (χ0v) is 22.7. The zero-order chi connectivity index (χ0) is 30.2. The van der Waals surface area contributed by atoms with Crippen molar-refractivity contribution >= 4 is 27.4 Å². The standard InChI is InChI=1S/C27H26F5N3O5S/c1-26(28,29)11-10-19-15-35(18-8-4-3-5-9-18)21-13-20(27(30,31)32)22(14-23(21)41(38,39)34(19)2)40-16-17-7-6-12-33-24(17)25(36)37/h3-9,12-14,19H,10-11,15-16H2,1-2H3,(H,36,37)/t19-/m1/s1. The topological polar surface area (TPSA) is 100 Å². The number of alkyl halides is 5. The van der Waals surface area contributed by atoms with Crippen LogP contribution >= 0.6 is 0 Å². The second-order valence-corrected chi connectivity index (χ2v) is 11.6. The molecule has 0 bridgehead atoms. The predicted octanol–water partition coefficient (Wildman–Crippen LogP) is 5.95. The molecule has 4 rings (SSSR count). The molecule has 220 valence electrons. The highest BCUT2D eigenvalue weighted by Gasteiger charge is 2.42. The molecule has 14 heteroatoms. The maximum Gasteiger partial charge on any atom is 0.420 e. The highest BCUT2D eigenvalue weighted by molar-refractivity contribution is 7.89. The third-order valence-corrected chi connectivity index (χ3v) is 8.62. The van der Waals surface area contributed by atoms with Crippen molar-refractivity contribution in [3.8, 4) is 5.75 Å². The molecule has 1 N–H and O–H groups in total. The molecule has 0 saturated carbocycles. The number of rotatable bonds is 8. The number of carbonyl (C=O) groups is 1. The van der Waals surface area contributed by atoms with Gasteiger partial charge in [0.05, 0.1) is 11.3 Å². The lowest BCUT2D eigenvalue weighted by Crippen LogP contribution is -2.41. The van der Waals surface area contributed by atoms with Crippen molar-refractivity contribution in [1.82, 2.24) is 9.29 Å². The van der Waals surface area contributed by atoms with E-state index in [1.54, 1.807) is 30.3 Å². The minimum Gasteiger partial charge on any atom is -0.488 e. The van der Waals surface area contributed by atoms with E-state index in [4.69, 9.17) is 4.74 Å². The summed E-state index contributed by atoms with van der Waals surface area (Å²) in [4.78, 5) is 16.0. The van der Waals surface area contributed by atoms with E-state index in [-0.39, 0.29) is 24.2 Å². The average Bonchev–Trinajstić information content (AvgIpc) is 2.98. The lowest BCUT2D eigenvalue weighted by Gasteiger charge is -2.30. The van der Waals surface area contributed by atoms with Crippen molar-refractivity contribution < 1.29 is 45.0 Å². The summed E-state index contributed by atoms with van der Waals surface area (Å²) >= 11 is 0. The summed E-state index contributed by atoms with van der Waals surface area (Å²) in [5.41, 5.74) is -1.71. The van der Waals surface area contributed by atoms with Gasteiger partial charge in [0.2, 0.25) is 15.9 Å². The monoisotopic (exact) mass is 599 g/mol. The maximum atomic E-state index is 14.3. The molecular formula is C27H26F5N3O5S. The number of para-hydroxylation sites is 1. The quantitative estimate of drug-likeness (QED) is 0.319. The largest absolute Gasteiger partial charge is 0.488 e. The maximum absolute atomic E-state index is 14.3. The molecule has 41 heavy (non-hydrogen) atoms. The van der Waals surface area contributed by atoms with Gasteiger partial charge in [-0.15, -0.1) is 0 Å². The fourth-order valence-corrected chi connectivity index (χ4v) is 6.10. The van der Waals surface area contributed by atoms with Crippen LogP contribution in [0.25, 0.3) is 0 Å². The van der Waals surface area contributed by atoms with E-state index < -0.39 is 69.1 Å². The SMILES string of the molecule is CN1[C@H](CCC(C)(F)F)CN(c2ccccc2)c2cc(C(F)(F)F)c(OCc3cccnc3C(=O)O)cc2S1(=O)=O. The third kappa shape index (κ3) is 6.59. The van der Waals surface area contributed by atoms with E-state index >= 15 is 0 Å². The molecule has 0 unspecified atom stereocenters. The van der Waals surface area contributed by atoms with E-state index in [0.717, 1.165) is 10.4 Å². The molecule has 0 radical (unpaired) electrons. The van der Waals surface area contributed by atoms with Crippen molar-refractivity contribution in [2.45, 2.75) is 49.4 Å². The van der Waals surface area contributed by atoms with Crippen LogP contribution in [0.2, 0.25) is 0 Å². The van der Waals surface area contributed by atoms with Crippen LogP contribution in [0.3, 0.4) is 0 Å². The Kier molecular flexibility index (Phi) is 8.28. The van der Waals surface area contributed by atoms with Gasteiger partial charge >= 0.3 is 12.1 Å². The third-order valence-electron chi connectivity index (χ3n) is 6.68. The van der Waals surface area contributed by atoms with E-state index in [0.29, 0.717) is 18.7 Å². The summed E-state index contributed by atoms with van der Waals surface area (Å²) in [6, 6.07) is 11.1. The number of halogens is 5. The van der Waals surface area contributed by atoms with E-state index in [2.05, 4.69) is 4.98 Å². The van der Waals surface area contributed by atoms with Crippen molar-refractivity contribution in [3.63, 3.8) is 0 Å². The number of aromatic nitrogens is 1. The van der Waals surface area contributed by atoms with Crippen LogP contribution in [-0.2, 0) is 22.8 Å². The summed E-state index contributed by atoms with van der Waals surface area (Å²) in [5, 5.41) is 9.35. The van der Waals surface area contributed by atoms with Gasteiger partial charge in [-0.1, -0.05) is 24.3 Å². The summed E-state index contributed by atoms with van der Waals surface area (Å²) in [6.07, 6.45) is -4.70. The molecule has 0 amide bonds. The zero-order valence-electron chi connectivity index (χ0n) is 21.9. The van der Waals surface area contributed by atoms with Gasteiger partial charge in [0.15, 0.2) is 5.69 Å². The number of carboxylic acids is 1. The Hall–Kier alpha value is -3.78. The van der Waals surface area contributed by atoms with Crippen molar-refractivity contribution in [1.29, 1.82) is 0 Å². The molecule has 0 fully saturated rings. The van der Waals surface area contributed by atoms with Crippen molar-refractivity contribution in [2.75, 3.05) is 18.5 Å². The van der Waals surface area contributed by atoms with Crippen LogP contribution in [0.5, 0.6) is 5.75 Å². The fourth-order valence-electron chi connectivity index (χ4n) is 4.53. The smallest absolute Gasteiger partial charge is 0.420 e. The molecule has 0 saturated heterocycles. The number of sulfonamides is 1. The lowest BCUT2D eigenvalue weighted by molar-refractivity contribution is -0.139. The van der Waals surface area contributed by atoms with Crippen LogP contribution in [0.4, 0.5) is 33.3 Å². The first-order valence-corrected chi connectivity index (χ1v) is 13.8. The number of aromatic carboxylic acids is 1. The van der Waals surface area contributed by atoms with Gasteiger partial charge < -0.3 is 14.7 Å². The Labute approximate surface area is 233 Å². The van der Waals surface area contributed by atoms with Gasteiger partial charge in [-0.3, -0.25) is 0 Å². The number of fused-ring (bicyclic) bond motifs is 1. The Bertz CT molecular complexity index is 1530. The molecular weight excluding hydrogens is 573 g/mol. The van der Waals surface area contributed by atoms with Gasteiger partial charge in [-0.25, -0.2) is 27.0 Å². The first-order chi connectivity index (χ1) is 19.1. The molecule has 1 atom stereocenters. The average molecular weight is 600 g/mol. The summed E-state index contributed by atoms with van der Waals surface area (Å²) < 4.78 is 104. The van der Waals surface area contributed by atoms with Crippen LogP contribution < -0.4 is 9.64 Å². The minimum absolute atomic E-state index is 0.0329. The van der Waals surface area contributed by atoms with Crippen molar-refractivity contribution in [2.24, 2.45) is 0 Å². The molecule has 1 aliphatic heterocycles. The number of benzene rings is 2. The number of nitrogens with zero attached hydrogens (tertiary/aromatic N) is 3. The molecule has 1 aromatic heterocycles. The molecule has 3 aromatic rings. The Morgan fingerprint density at radius 3 is 2.39 bits per heavy atom. The van der Waals surface area contributed by atoms with Gasteiger partial charge in [0.1, 0.15) is 17.3 Å². The lowest BCUT2D eigenvalue weighted by atomic mass is 10.1. The number of carboxylic acid groups (broad SMARTS) is 1. The number of anilines is 2. The molecule has 2 heterocycles. The molecule has 0 spiro atoms. The van der Waals surface area contributed by atoms with Crippen LogP contribution in [-0.4, -0.2) is 54.3 Å². The Morgan fingerprint density at radius 1 is 1.10 bits per heavy atom. The van der Waals surface area contributed by atoms with Crippen molar-refractivity contribution in [3.05, 3.63) is 77.6 Å². The number of likely N-dealkylation sites (N-methyl/N-ethyl adjacent to an activating group) is 1. The van der Waals surface area contributed by atoms with E-state index in [1.165, 1.54) is 30.3 Å². The summed E-state index contributed by atoms with van der Waals surface area (Å²) in [6.45, 7) is -0.138. The van der Waals surface area contributed by atoms with Gasteiger partial charge in [-0.05, 0) is 37.6 Å². The minimum atomic E-state index is -5.00. The normalized spacial score (nSPS) is 17.5. The van der Waals surface area contributed by atoms with E-state index in [9.17, 15) is 40.3 Å². The predicted molar refractivity (Wildman–Crippen MR) is 139 cm³/mol. The summed E-state index contributed by atoms with van der Waals surface area (Å²) in [5.74, 6) is -5.36. The number of pyridine rings is 1. The molecule has 8 nitrogen and oxygen atoms in total. The number of hydrogen-bond acceptors (Lipinski definition) is 6.